The number of likely N-dealkylation sites (N-methyl/N-ethyl adjacent to an activating group) is 1. The number of rotatable bonds is 6. The largest absolute Gasteiger partial charge is 0.346 e. The fourth-order valence-electron chi connectivity index (χ4n) is 3.67. The summed E-state index contributed by atoms with van der Waals surface area (Å²) in [6.07, 6.45) is 9.90. The van der Waals surface area contributed by atoms with Gasteiger partial charge >= 0.3 is 0 Å². The molecule has 1 aliphatic carbocycles. The van der Waals surface area contributed by atoms with Crippen LogP contribution >= 0.6 is 0 Å². The van der Waals surface area contributed by atoms with Gasteiger partial charge in [0.2, 0.25) is 5.91 Å². The van der Waals surface area contributed by atoms with E-state index in [9.17, 15) is 4.79 Å². The highest BCUT2D eigenvalue weighted by atomic mass is 16.2. The molecule has 1 saturated carbocycles. The van der Waals surface area contributed by atoms with E-state index in [1.165, 1.54) is 24.2 Å². The van der Waals surface area contributed by atoms with Crippen molar-refractivity contribution in [2.24, 2.45) is 0 Å². The lowest BCUT2D eigenvalue weighted by molar-refractivity contribution is -0.125. The highest BCUT2D eigenvalue weighted by Crippen LogP contribution is 2.38. The van der Waals surface area contributed by atoms with Crippen LogP contribution < -0.4 is 0 Å². The first-order valence-corrected chi connectivity index (χ1v) is 9.73. The van der Waals surface area contributed by atoms with Crippen LogP contribution in [-0.2, 0) is 11.3 Å². The Bertz CT molecular complexity index is 1010. The number of nitrogens with zero attached hydrogens (tertiary/aromatic N) is 4. The van der Waals surface area contributed by atoms with E-state index < -0.39 is 0 Å². The quantitative estimate of drug-likeness (QED) is 0.604. The summed E-state index contributed by atoms with van der Waals surface area (Å²) in [6.45, 7) is 4.80. The number of hydrogen-bond donors (Lipinski definition) is 0. The Morgan fingerprint density at radius 3 is 2.71 bits per heavy atom. The second kappa shape index (κ2) is 7.50. The van der Waals surface area contributed by atoms with Crippen LogP contribution in [0.25, 0.3) is 11.8 Å². The molecule has 5 nitrogen and oxygen atoms in total. The van der Waals surface area contributed by atoms with Crippen LogP contribution in [0.1, 0.15) is 41.4 Å². The van der Waals surface area contributed by atoms with Crippen LogP contribution in [0.4, 0.5) is 0 Å². The van der Waals surface area contributed by atoms with Crippen molar-refractivity contribution >= 4 is 12.0 Å². The number of carbonyl (C=O) groups is 1. The Kier molecular flexibility index (Phi) is 4.90. The number of carbonyl (C=O) groups excluding carboxylic acids is 1. The van der Waals surface area contributed by atoms with Gasteiger partial charge in [0.05, 0.1) is 11.9 Å². The minimum Gasteiger partial charge on any atom is -0.346 e. The smallest absolute Gasteiger partial charge is 0.246 e. The lowest BCUT2D eigenvalue weighted by Crippen LogP contribution is -2.23. The second-order valence-electron chi connectivity index (χ2n) is 7.58. The normalized spacial score (nSPS) is 14.0. The molecule has 0 atom stereocenters. The maximum Gasteiger partial charge on any atom is 0.246 e. The Hall–Kier alpha value is -3.08. The maximum absolute atomic E-state index is 12.6. The molecule has 5 heteroatoms. The number of para-hydroxylation sites is 1. The average Bonchev–Trinajstić information content (AvgIpc) is 3.34. The van der Waals surface area contributed by atoms with E-state index in [0.29, 0.717) is 12.6 Å². The molecule has 1 fully saturated rings. The highest BCUT2D eigenvalue weighted by molar-refractivity contribution is 5.91. The Morgan fingerprint density at radius 1 is 1.25 bits per heavy atom. The van der Waals surface area contributed by atoms with Crippen molar-refractivity contribution in [2.75, 3.05) is 7.05 Å². The number of aromatic nitrogens is 3. The summed E-state index contributed by atoms with van der Waals surface area (Å²) in [4.78, 5) is 14.3. The zero-order chi connectivity index (χ0) is 19.7. The van der Waals surface area contributed by atoms with Gasteiger partial charge in [-0.15, -0.1) is 0 Å². The van der Waals surface area contributed by atoms with Crippen molar-refractivity contribution in [1.82, 2.24) is 19.2 Å². The zero-order valence-electron chi connectivity index (χ0n) is 16.7. The van der Waals surface area contributed by atoms with E-state index in [2.05, 4.69) is 29.6 Å². The van der Waals surface area contributed by atoms with Crippen LogP contribution in [0.2, 0.25) is 0 Å². The third kappa shape index (κ3) is 3.79. The molecule has 1 aromatic carbocycles. The van der Waals surface area contributed by atoms with Crippen molar-refractivity contribution < 1.29 is 4.79 Å². The minimum absolute atomic E-state index is 0.0105. The van der Waals surface area contributed by atoms with Gasteiger partial charge in [0.15, 0.2) is 0 Å². The van der Waals surface area contributed by atoms with E-state index in [0.717, 1.165) is 16.8 Å². The lowest BCUT2D eigenvalue weighted by Gasteiger charge is -2.13. The Labute approximate surface area is 165 Å². The first-order chi connectivity index (χ1) is 13.5. The summed E-state index contributed by atoms with van der Waals surface area (Å²) < 4.78 is 4.22. The fraction of sp³-hybridized carbons (Fsp3) is 0.304. The van der Waals surface area contributed by atoms with Gasteiger partial charge in [-0.25, -0.2) is 4.68 Å². The monoisotopic (exact) mass is 374 g/mol. The van der Waals surface area contributed by atoms with Crippen molar-refractivity contribution in [2.45, 2.75) is 39.3 Å². The SMILES string of the molecule is Cc1cc(C=CC(=O)N(C)Cc2cnn(-c3ccccc3)c2)c(C)n1C1CC1. The van der Waals surface area contributed by atoms with Crippen LogP contribution in [0, 0.1) is 13.8 Å². The number of aryl methyl sites for hydroxylation is 1. The maximum atomic E-state index is 12.6. The molecule has 28 heavy (non-hydrogen) atoms. The Morgan fingerprint density at radius 2 is 2.00 bits per heavy atom. The molecule has 0 aliphatic heterocycles. The predicted molar refractivity (Wildman–Crippen MR) is 111 cm³/mol. The molecule has 3 aromatic rings. The molecule has 0 bridgehead atoms. The van der Waals surface area contributed by atoms with Gasteiger partial charge in [0, 0.05) is 48.9 Å². The van der Waals surface area contributed by atoms with E-state index >= 15 is 0 Å². The topological polar surface area (TPSA) is 43.1 Å². The Balaban J connectivity index is 1.41. The van der Waals surface area contributed by atoms with Gasteiger partial charge in [0.1, 0.15) is 0 Å². The van der Waals surface area contributed by atoms with Gasteiger partial charge in [-0.05, 0) is 56.5 Å². The molecule has 144 valence electrons. The van der Waals surface area contributed by atoms with E-state index in [4.69, 9.17) is 0 Å². The summed E-state index contributed by atoms with van der Waals surface area (Å²) in [5, 5.41) is 4.40. The van der Waals surface area contributed by atoms with Gasteiger partial charge in [0.25, 0.3) is 0 Å². The molecular formula is C23H26N4O. The second-order valence-corrected chi connectivity index (χ2v) is 7.58. The molecule has 0 spiro atoms. The predicted octanol–water partition coefficient (Wildman–Crippen LogP) is 4.30. The zero-order valence-corrected chi connectivity index (χ0v) is 16.7. The first kappa shape index (κ1) is 18.3. The first-order valence-electron chi connectivity index (χ1n) is 9.73. The number of hydrogen-bond acceptors (Lipinski definition) is 2. The van der Waals surface area contributed by atoms with Gasteiger partial charge < -0.3 is 9.47 Å². The van der Waals surface area contributed by atoms with Gasteiger partial charge in [-0.1, -0.05) is 18.2 Å². The van der Waals surface area contributed by atoms with E-state index in [-0.39, 0.29) is 5.91 Å². The molecule has 4 rings (SSSR count). The molecule has 1 amide bonds. The van der Waals surface area contributed by atoms with Crippen LogP contribution in [0.15, 0.2) is 54.9 Å². The standard InChI is InChI=1S/C23H26N4O/c1-17-13-20(18(2)27(17)22-10-11-22)9-12-23(28)25(3)15-19-14-24-26(16-19)21-7-5-4-6-8-21/h4-9,12-14,16,22H,10-11,15H2,1-3H3. The summed E-state index contributed by atoms with van der Waals surface area (Å²) in [7, 11) is 1.82. The van der Waals surface area contributed by atoms with Crippen LogP contribution in [0.5, 0.6) is 0 Å². The summed E-state index contributed by atoms with van der Waals surface area (Å²) in [5.41, 5.74) is 5.65. The molecule has 0 N–H and O–H groups in total. The van der Waals surface area contributed by atoms with Crippen LogP contribution in [0.3, 0.4) is 0 Å². The highest BCUT2D eigenvalue weighted by Gasteiger charge is 2.26. The van der Waals surface area contributed by atoms with E-state index in [1.54, 1.807) is 11.0 Å². The minimum atomic E-state index is -0.0105. The molecular weight excluding hydrogens is 348 g/mol. The van der Waals surface area contributed by atoms with Gasteiger partial charge in [-0.2, -0.15) is 5.10 Å². The number of benzene rings is 1. The van der Waals surface area contributed by atoms with Crippen LogP contribution in [-0.4, -0.2) is 32.2 Å². The van der Waals surface area contributed by atoms with Crippen molar-refractivity contribution in [3.05, 3.63) is 77.4 Å². The number of amides is 1. The third-order valence-corrected chi connectivity index (χ3v) is 5.29. The molecule has 2 heterocycles. The van der Waals surface area contributed by atoms with E-state index in [1.807, 2.05) is 60.5 Å². The van der Waals surface area contributed by atoms with Crippen molar-refractivity contribution in [3.63, 3.8) is 0 Å². The summed E-state index contributed by atoms with van der Waals surface area (Å²) in [5.74, 6) is -0.0105. The lowest BCUT2D eigenvalue weighted by atomic mass is 10.2. The molecule has 0 unspecified atom stereocenters. The molecule has 2 aromatic heterocycles. The fourth-order valence-corrected chi connectivity index (χ4v) is 3.67. The average molecular weight is 374 g/mol. The molecule has 0 radical (unpaired) electrons. The molecule has 0 saturated heterocycles. The molecule has 1 aliphatic rings. The summed E-state index contributed by atoms with van der Waals surface area (Å²) >= 11 is 0. The third-order valence-electron chi connectivity index (χ3n) is 5.29. The van der Waals surface area contributed by atoms with Gasteiger partial charge in [-0.3, -0.25) is 4.79 Å². The summed E-state index contributed by atoms with van der Waals surface area (Å²) in [6, 6.07) is 12.8. The van der Waals surface area contributed by atoms with Crippen molar-refractivity contribution in [1.29, 1.82) is 0 Å². The van der Waals surface area contributed by atoms with Crippen molar-refractivity contribution in [3.8, 4) is 5.69 Å².